The summed E-state index contributed by atoms with van der Waals surface area (Å²) in [7, 11) is 1.55. The van der Waals surface area contributed by atoms with Gasteiger partial charge in [0.2, 0.25) is 5.91 Å². The zero-order valence-corrected chi connectivity index (χ0v) is 19.4. The van der Waals surface area contributed by atoms with E-state index in [0.29, 0.717) is 24.5 Å². The molecule has 2 amide bonds. The fourth-order valence-electron chi connectivity index (χ4n) is 3.22. The normalized spacial score (nSPS) is 12.1. The van der Waals surface area contributed by atoms with Crippen LogP contribution in [-0.2, 0) is 16.1 Å². The van der Waals surface area contributed by atoms with Gasteiger partial charge < -0.3 is 19.7 Å². The van der Waals surface area contributed by atoms with Gasteiger partial charge in [0.15, 0.2) is 18.1 Å². The number of nitrogens with one attached hydrogen (secondary N) is 1. The van der Waals surface area contributed by atoms with Crippen LogP contribution in [0.1, 0.15) is 45.2 Å². The summed E-state index contributed by atoms with van der Waals surface area (Å²) in [6.07, 6.45) is 0.494. The van der Waals surface area contributed by atoms with Gasteiger partial charge >= 0.3 is 0 Å². The Balaban J connectivity index is 2.25. The van der Waals surface area contributed by atoms with Crippen LogP contribution in [0.4, 0.5) is 0 Å². The number of rotatable bonds is 9. The Hall–Kier alpha value is -3.02. The average molecular weight is 427 g/mol. The van der Waals surface area contributed by atoms with E-state index in [2.05, 4.69) is 5.32 Å². The number of ether oxygens (including phenoxy) is 2. The first-order valence-corrected chi connectivity index (χ1v) is 10.6. The standard InChI is InChI=1S/C25H34N2O4/c1-7-20(24(29)26-25(3,4)5)27(16-19-14-12-18(2)13-15-19)23(28)17-31-22-11-9-8-10-21(22)30-6/h8-15,20H,7,16-17H2,1-6H3,(H,26,29)/t20-/m1/s1. The van der Waals surface area contributed by atoms with Crippen LogP contribution >= 0.6 is 0 Å². The molecule has 1 atom stereocenters. The van der Waals surface area contributed by atoms with Crippen molar-refractivity contribution < 1.29 is 19.1 Å². The maximum atomic E-state index is 13.2. The molecule has 6 nitrogen and oxygen atoms in total. The van der Waals surface area contributed by atoms with Crippen molar-refractivity contribution in [3.8, 4) is 11.5 Å². The Morgan fingerprint density at radius 2 is 1.65 bits per heavy atom. The highest BCUT2D eigenvalue weighted by Crippen LogP contribution is 2.26. The van der Waals surface area contributed by atoms with Crippen molar-refractivity contribution in [1.82, 2.24) is 10.2 Å². The second kappa shape index (κ2) is 10.8. The quantitative estimate of drug-likeness (QED) is 0.655. The van der Waals surface area contributed by atoms with E-state index in [1.807, 2.05) is 71.0 Å². The topological polar surface area (TPSA) is 67.9 Å². The first-order chi connectivity index (χ1) is 14.6. The van der Waals surface area contributed by atoms with E-state index in [1.54, 1.807) is 24.1 Å². The summed E-state index contributed by atoms with van der Waals surface area (Å²) in [4.78, 5) is 27.8. The van der Waals surface area contributed by atoms with Gasteiger partial charge in [0.05, 0.1) is 7.11 Å². The molecular formula is C25H34N2O4. The summed E-state index contributed by atoms with van der Waals surface area (Å²) in [6.45, 7) is 9.83. The third kappa shape index (κ3) is 7.31. The Kier molecular flexibility index (Phi) is 8.48. The average Bonchev–Trinajstić information content (AvgIpc) is 2.72. The Bertz CT molecular complexity index is 872. The number of nitrogens with zero attached hydrogens (tertiary/aromatic N) is 1. The van der Waals surface area contributed by atoms with Crippen LogP contribution in [-0.4, -0.2) is 42.0 Å². The summed E-state index contributed by atoms with van der Waals surface area (Å²) >= 11 is 0. The Labute approximate surface area is 185 Å². The molecule has 6 heteroatoms. The van der Waals surface area contributed by atoms with Crippen LogP contribution in [0.2, 0.25) is 0 Å². The molecule has 2 aromatic carbocycles. The zero-order chi connectivity index (χ0) is 23.0. The lowest BCUT2D eigenvalue weighted by Crippen LogP contribution is -2.54. The van der Waals surface area contributed by atoms with Crippen molar-refractivity contribution in [2.75, 3.05) is 13.7 Å². The van der Waals surface area contributed by atoms with E-state index in [1.165, 1.54) is 0 Å². The van der Waals surface area contributed by atoms with Crippen LogP contribution in [0.3, 0.4) is 0 Å². The minimum absolute atomic E-state index is 0.173. The van der Waals surface area contributed by atoms with E-state index in [0.717, 1.165) is 11.1 Å². The molecule has 0 radical (unpaired) electrons. The van der Waals surface area contributed by atoms with E-state index in [9.17, 15) is 9.59 Å². The summed E-state index contributed by atoms with van der Waals surface area (Å²) in [5.74, 6) is 0.605. The zero-order valence-electron chi connectivity index (χ0n) is 19.4. The summed E-state index contributed by atoms with van der Waals surface area (Å²) in [5.41, 5.74) is 1.70. The lowest BCUT2D eigenvalue weighted by atomic mass is 10.1. The van der Waals surface area contributed by atoms with E-state index >= 15 is 0 Å². The predicted octanol–water partition coefficient (Wildman–Crippen LogP) is 4.10. The minimum Gasteiger partial charge on any atom is -0.493 e. The fourth-order valence-corrected chi connectivity index (χ4v) is 3.22. The lowest BCUT2D eigenvalue weighted by molar-refractivity contribution is -0.143. The smallest absolute Gasteiger partial charge is 0.261 e. The van der Waals surface area contributed by atoms with Gasteiger partial charge in [-0.2, -0.15) is 0 Å². The van der Waals surface area contributed by atoms with Crippen molar-refractivity contribution >= 4 is 11.8 Å². The molecule has 0 saturated heterocycles. The molecule has 2 aromatic rings. The predicted molar refractivity (Wildman–Crippen MR) is 122 cm³/mol. The molecule has 0 spiro atoms. The largest absolute Gasteiger partial charge is 0.493 e. The van der Waals surface area contributed by atoms with Crippen molar-refractivity contribution in [3.63, 3.8) is 0 Å². The van der Waals surface area contributed by atoms with Crippen molar-refractivity contribution in [3.05, 3.63) is 59.7 Å². The monoisotopic (exact) mass is 426 g/mol. The van der Waals surface area contributed by atoms with Gasteiger partial charge in [-0.15, -0.1) is 0 Å². The molecule has 2 rings (SSSR count). The molecule has 0 bridgehead atoms. The molecule has 168 valence electrons. The maximum absolute atomic E-state index is 13.2. The van der Waals surface area contributed by atoms with Crippen LogP contribution in [0.15, 0.2) is 48.5 Å². The van der Waals surface area contributed by atoms with Crippen LogP contribution in [0.25, 0.3) is 0 Å². The molecule has 0 saturated carbocycles. The molecular weight excluding hydrogens is 392 g/mol. The highest BCUT2D eigenvalue weighted by atomic mass is 16.5. The first kappa shape index (κ1) is 24.3. The number of hydrogen-bond acceptors (Lipinski definition) is 4. The highest BCUT2D eigenvalue weighted by molar-refractivity contribution is 5.88. The summed E-state index contributed by atoms with van der Waals surface area (Å²) in [5, 5.41) is 3.00. The molecule has 31 heavy (non-hydrogen) atoms. The molecule has 0 heterocycles. The Morgan fingerprint density at radius 1 is 1.03 bits per heavy atom. The Morgan fingerprint density at radius 3 is 2.19 bits per heavy atom. The minimum atomic E-state index is -0.603. The third-order valence-corrected chi connectivity index (χ3v) is 4.78. The maximum Gasteiger partial charge on any atom is 0.261 e. The number of benzene rings is 2. The van der Waals surface area contributed by atoms with Crippen molar-refractivity contribution in [1.29, 1.82) is 0 Å². The van der Waals surface area contributed by atoms with Gasteiger partial charge in [0.1, 0.15) is 6.04 Å². The van der Waals surface area contributed by atoms with Gasteiger partial charge in [0, 0.05) is 12.1 Å². The molecule has 0 aliphatic carbocycles. The van der Waals surface area contributed by atoms with Crippen LogP contribution in [0.5, 0.6) is 11.5 Å². The van der Waals surface area contributed by atoms with E-state index in [4.69, 9.17) is 9.47 Å². The SMILES string of the molecule is CC[C@H](C(=O)NC(C)(C)C)N(Cc1ccc(C)cc1)C(=O)COc1ccccc1OC. The van der Waals surface area contributed by atoms with Gasteiger partial charge in [-0.1, -0.05) is 48.9 Å². The molecule has 0 aliphatic rings. The van der Waals surface area contributed by atoms with Crippen molar-refractivity contribution in [2.24, 2.45) is 0 Å². The summed E-state index contributed by atoms with van der Waals surface area (Å²) < 4.78 is 11.0. The molecule has 0 unspecified atom stereocenters. The van der Waals surface area contributed by atoms with Crippen molar-refractivity contribution in [2.45, 2.75) is 59.2 Å². The van der Waals surface area contributed by atoms with Gasteiger partial charge in [0.25, 0.3) is 5.91 Å². The number of aryl methyl sites for hydroxylation is 1. The highest BCUT2D eigenvalue weighted by Gasteiger charge is 2.31. The van der Waals surface area contributed by atoms with Crippen LogP contribution in [0, 0.1) is 6.92 Å². The molecule has 1 N–H and O–H groups in total. The first-order valence-electron chi connectivity index (χ1n) is 10.6. The number of methoxy groups -OCH3 is 1. The number of carbonyl (C=O) groups excluding carboxylic acids is 2. The van der Waals surface area contributed by atoms with Gasteiger partial charge in [-0.25, -0.2) is 0 Å². The summed E-state index contributed by atoms with van der Waals surface area (Å²) in [6, 6.07) is 14.5. The van der Waals surface area contributed by atoms with Gasteiger partial charge in [-0.05, 0) is 51.8 Å². The number of carbonyl (C=O) groups is 2. The second-order valence-electron chi connectivity index (χ2n) is 8.61. The lowest BCUT2D eigenvalue weighted by Gasteiger charge is -2.33. The van der Waals surface area contributed by atoms with Gasteiger partial charge in [-0.3, -0.25) is 9.59 Å². The molecule has 0 fully saturated rings. The number of para-hydroxylation sites is 2. The van der Waals surface area contributed by atoms with Crippen LogP contribution < -0.4 is 14.8 Å². The molecule has 0 aromatic heterocycles. The molecule has 0 aliphatic heterocycles. The fraction of sp³-hybridized carbons (Fsp3) is 0.440. The van der Waals surface area contributed by atoms with E-state index in [-0.39, 0.29) is 18.4 Å². The number of hydrogen-bond donors (Lipinski definition) is 1. The van der Waals surface area contributed by atoms with E-state index < -0.39 is 11.6 Å². The number of amides is 2. The third-order valence-electron chi connectivity index (χ3n) is 4.78. The second-order valence-corrected chi connectivity index (χ2v) is 8.61.